The summed E-state index contributed by atoms with van der Waals surface area (Å²) < 4.78 is 4.77. The molecule has 1 aromatic carbocycles. The minimum atomic E-state index is -0.321. The average molecular weight is 231 g/mol. The fourth-order valence-electron chi connectivity index (χ4n) is 1.06. The van der Waals surface area contributed by atoms with Gasteiger partial charge in [-0.3, -0.25) is 9.80 Å². The molecule has 0 aliphatic rings. The molecule has 0 bridgehead atoms. The summed E-state index contributed by atoms with van der Waals surface area (Å²) >= 11 is 0. The molecule has 0 amide bonds. The van der Waals surface area contributed by atoms with Crippen LogP contribution < -0.4 is 10.9 Å². The molecule has 4 nitrogen and oxygen atoms in total. The lowest BCUT2D eigenvalue weighted by molar-refractivity contribution is -0.141. The molecule has 0 aliphatic heterocycles. The maximum atomic E-state index is 11.1. The molecule has 5 heteroatoms. The molecule has 0 spiro atoms. The normalized spacial score (nSPS) is 8.93. The standard InChI is InChI=1S/C10H14N2O2.ClH/c1-2-14-10(13)8-12(11)9-6-4-3-5-7-9;/h3-7H,2,8,11H2,1H3;1H. The van der Waals surface area contributed by atoms with Crippen LogP contribution in [0.1, 0.15) is 6.92 Å². The molecule has 1 rings (SSSR count). The largest absolute Gasteiger partial charge is 0.465 e. The minimum Gasteiger partial charge on any atom is -0.465 e. The number of anilines is 1. The van der Waals surface area contributed by atoms with Crippen molar-refractivity contribution in [2.45, 2.75) is 6.92 Å². The number of halogens is 1. The van der Waals surface area contributed by atoms with E-state index in [-0.39, 0.29) is 24.9 Å². The number of para-hydroxylation sites is 1. The smallest absolute Gasteiger partial charge is 0.327 e. The van der Waals surface area contributed by atoms with Crippen LogP contribution in [0.2, 0.25) is 0 Å². The fourth-order valence-corrected chi connectivity index (χ4v) is 1.06. The topological polar surface area (TPSA) is 55.6 Å². The zero-order valence-corrected chi connectivity index (χ0v) is 9.37. The quantitative estimate of drug-likeness (QED) is 0.482. The van der Waals surface area contributed by atoms with Gasteiger partial charge in [-0.2, -0.15) is 0 Å². The van der Waals surface area contributed by atoms with E-state index < -0.39 is 0 Å². The first-order chi connectivity index (χ1) is 6.74. The Hall–Kier alpha value is -1.26. The van der Waals surface area contributed by atoms with Crippen LogP contribution >= 0.6 is 12.4 Å². The number of hydrogen-bond acceptors (Lipinski definition) is 4. The van der Waals surface area contributed by atoms with Crippen LogP contribution in [-0.4, -0.2) is 19.1 Å². The summed E-state index contributed by atoms with van der Waals surface area (Å²) in [4.78, 5) is 11.1. The molecule has 84 valence electrons. The van der Waals surface area contributed by atoms with E-state index >= 15 is 0 Å². The summed E-state index contributed by atoms with van der Waals surface area (Å²) in [5.41, 5.74) is 0.792. The predicted octanol–water partition coefficient (Wildman–Crippen LogP) is 1.35. The van der Waals surface area contributed by atoms with Crippen molar-refractivity contribution in [1.29, 1.82) is 0 Å². The zero-order valence-electron chi connectivity index (χ0n) is 8.55. The van der Waals surface area contributed by atoms with E-state index in [1.807, 2.05) is 30.3 Å². The van der Waals surface area contributed by atoms with Crippen molar-refractivity contribution in [3.05, 3.63) is 30.3 Å². The van der Waals surface area contributed by atoms with E-state index in [1.54, 1.807) is 6.92 Å². The van der Waals surface area contributed by atoms with Crippen LogP contribution in [0.4, 0.5) is 5.69 Å². The Morgan fingerprint density at radius 3 is 2.53 bits per heavy atom. The Bertz CT molecular complexity index is 293. The lowest BCUT2D eigenvalue weighted by atomic mass is 10.3. The fraction of sp³-hybridized carbons (Fsp3) is 0.300. The van der Waals surface area contributed by atoms with Crippen molar-refractivity contribution >= 4 is 24.1 Å². The molecule has 15 heavy (non-hydrogen) atoms. The summed E-state index contributed by atoms with van der Waals surface area (Å²) in [7, 11) is 0. The number of hydrazine groups is 1. The van der Waals surface area contributed by atoms with Crippen molar-refractivity contribution in [3.63, 3.8) is 0 Å². The van der Waals surface area contributed by atoms with Gasteiger partial charge in [0.05, 0.1) is 12.3 Å². The van der Waals surface area contributed by atoms with Gasteiger partial charge in [0.15, 0.2) is 0 Å². The van der Waals surface area contributed by atoms with Gasteiger partial charge < -0.3 is 4.74 Å². The lowest BCUT2D eigenvalue weighted by Gasteiger charge is -2.16. The monoisotopic (exact) mass is 230 g/mol. The molecule has 0 atom stereocenters. The molecule has 0 radical (unpaired) electrons. The molecule has 0 unspecified atom stereocenters. The second-order valence-corrected chi connectivity index (χ2v) is 2.77. The van der Waals surface area contributed by atoms with Crippen LogP contribution in [0.5, 0.6) is 0 Å². The van der Waals surface area contributed by atoms with Crippen molar-refractivity contribution in [2.75, 3.05) is 18.2 Å². The third-order valence-electron chi connectivity index (χ3n) is 1.69. The molecule has 2 N–H and O–H groups in total. The summed E-state index contributed by atoms with van der Waals surface area (Å²) in [6.45, 7) is 2.21. The van der Waals surface area contributed by atoms with Gasteiger partial charge in [0, 0.05) is 0 Å². The van der Waals surface area contributed by atoms with Gasteiger partial charge in [-0.05, 0) is 19.1 Å². The number of hydrogen-bond donors (Lipinski definition) is 1. The SMILES string of the molecule is CCOC(=O)CN(N)c1ccccc1.Cl. The number of nitrogens with two attached hydrogens (primary N) is 1. The second kappa shape index (κ2) is 7.09. The highest BCUT2D eigenvalue weighted by molar-refractivity contribution is 5.85. The van der Waals surface area contributed by atoms with Gasteiger partial charge in [0.2, 0.25) is 0 Å². The van der Waals surface area contributed by atoms with E-state index in [1.165, 1.54) is 5.01 Å². The van der Waals surface area contributed by atoms with Gasteiger partial charge in [-0.15, -0.1) is 12.4 Å². The first-order valence-electron chi connectivity index (χ1n) is 4.47. The third-order valence-corrected chi connectivity index (χ3v) is 1.69. The lowest BCUT2D eigenvalue weighted by Crippen LogP contribution is -2.36. The number of benzene rings is 1. The molecule has 0 fully saturated rings. The zero-order chi connectivity index (χ0) is 10.4. The van der Waals surface area contributed by atoms with E-state index in [0.29, 0.717) is 6.61 Å². The van der Waals surface area contributed by atoms with Gasteiger partial charge in [0.1, 0.15) is 6.54 Å². The molecular weight excluding hydrogens is 216 g/mol. The van der Waals surface area contributed by atoms with Crippen LogP contribution in [0.3, 0.4) is 0 Å². The van der Waals surface area contributed by atoms with Crippen molar-refractivity contribution in [2.24, 2.45) is 5.84 Å². The summed E-state index contributed by atoms with van der Waals surface area (Å²) in [6.07, 6.45) is 0. The van der Waals surface area contributed by atoms with Crippen molar-refractivity contribution < 1.29 is 9.53 Å². The van der Waals surface area contributed by atoms with Crippen molar-refractivity contribution in [1.82, 2.24) is 0 Å². The van der Waals surface area contributed by atoms with E-state index in [0.717, 1.165) is 5.69 Å². The number of carbonyl (C=O) groups is 1. The highest BCUT2D eigenvalue weighted by Gasteiger charge is 2.07. The van der Waals surface area contributed by atoms with E-state index in [4.69, 9.17) is 10.6 Å². The maximum Gasteiger partial charge on any atom is 0.327 e. The predicted molar refractivity (Wildman–Crippen MR) is 61.9 cm³/mol. The summed E-state index contributed by atoms with van der Waals surface area (Å²) in [5.74, 6) is 5.34. The highest BCUT2D eigenvalue weighted by Crippen LogP contribution is 2.08. The number of nitrogens with zero attached hydrogens (tertiary/aromatic N) is 1. The molecule has 0 aromatic heterocycles. The van der Waals surface area contributed by atoms with E-state index in [9.17, 15) is 4.79 Å². The van der Waals surface area contributed by atoms with Crippen LogP contribution in [-0.2, 0) is 9.53 Å². The van der Waals surface area contributed by atoms with Crippen LogP contribution in [0.15, 0.2) is 30.3 Å². The Kier molecular flexibility index (Phi) is 6.49. The van der Waals surface area contributed by atoms with Gasteiger partial charge in [-0.25, -0.2) is 5.84 Å². The first-order valence-corrected chi connectivity index (χ1v) is 4.47. The van der Waals surface area contributed by atoms with Gasteiger partial charge in [-0.1, -0.05) is 18.2 Å². The van der Waals surface area contributed by atoms with E-state index in [2.05, 4.69) is 0 Å². The maximum absolute atomic E-state index is 11.1. The number of carbonyl (C=O) groups excluding carboxylic acids is 1. The van der Waals surface area contributed by atoms with Crippen LogP contribution in [0, 0.1) is 0 Å². The summed E-state index contributed by atoms with van der Waals surface area (Å²) in [5, 5.41) is 1.36. The molecule has 1 aromatic rings. The van der Waals surface area contributed by atoms with Crippen LogP contribution in [0.25, 0.3) is 0 Å². The third kappa shape index (κ3) is 4.67. The number of rotatable bonds is 4. The molecule has 0 saturated heterocycles. The Labute approximate surface area is 95.4 Å². The Balaban J connectivity index is 0.00000196. The highest BCUT2D eigenvalue weighted by atomic mass is 35.5. The molecule has 0 heterocycles. The molecule has 0 saturated carbocycles. The van der Waals surface area contributed by atoms with Crippen molar-refractivity contribution in [3.8, 4) is 0 Å². The first kappa shape index (κ1) is 13.7. The molecular formula is C10H15ClN2O2. The van der Waals surface area contributed by atoms with Gasteiger partial charge in [0.25, 0.3) is 0 Å². The number of ether oxygens (including phenoxy) is 1. The molecule has 0 aliphatic carbocycles. The Morgan fingerprint density at radius 2 is 2.00 bits per heavy atom. The Morgan fingerprint density at radius 1 is 1.40 bits per heavy atom. The minimum absolute atomic E-state index is 0. The van der Waals surface area contributed by atoms with Gasteiger partial charge >= 0.3 is 5.97 Å². The number of esters is 1. The summed E-state index contributed by atoms with van der Waals surface area (Å²) in [6, 6.07) is 9.28. The second-order valence-electron chi connectivity index (χ2n) is 2.77. The average Bonchev–Trinajstić information content (AvgIpc) is 2.19.